The van der Waals surface area contributed by atoms with Crippen molar-refractivity contribution in [1.29, 1.82) is 0 Å². The molecule has 1 N–H and O–H groups in total. The van der Waals surface area contributed by atoms with Crippen LogP contribution in [0.2, 0.25) is 0 Å². The number of carboxylic acid groups (broad SMARTS) is 1. The molecule has 0 amide bonds. The molecule has 0 saturated carbocycles. The number of aromatic nitrogens is 1. The third kappa shape index (κ3) is 2.47. The molecule has 104 valence electrons. The second kappa shape index (κ2) is 5.28. The van der Waals surface area contributed by atoms with Crippen molar-refractivity contribution < 1.29 is 14.3 Å². The molecule has 2 aromatic rings. The number of carbonyl (C=O) groups is 1. The molecule has 0 aliphatic rings. The molecular formula is C15H14FNO3. The Morgan fingerprint density at radius 3 is 2.55 bits per heavy atom. The average molecular weight is 275 g/mol. The lowest BCUT2D eigenvalue weighted by Gasteiger charge is -2.13. The molecule has 0 aliphatic carbocycles. The van der Waals surface area contributed by atoms with Crippen molar-refractivity contribution in [3.05, 3.63) is 68.9 Å². The molecular weight excluding hydrogens is 261 g/mol. The largest absolute Gasteiger partial charge is 0.477 e. The Hall–Kier alpha value is -2.43. The quantitative estimate of drug-likeness (QED) is 0.935. The van der Waals surface area contributed by atoms with Gasteiger partial charge in [-0.05, 0) is 31.5 Å². The van der Waals surface area contributed by atoms with E-state index in [2.05, 4.69) is 0 Å². The first-order valence-electron chi connectivity index (χ1n) is 6.09. The van der Waals surface area contributed by atoms with Gasteiger partial charge in [-0.25, -0.2) is 9.18 Å². The van der Waals surface area contributed by atoms with Crippen molar-refractivity contribution in [2.24, 2.45) is 0 Å². The van der Waals surface area contributed by atoms with Crippen LogP contribution >= 0.6 is 0 Å². The molecule has 0 spiro atoms. The second-order valence-electron chi connectivity index (χ2n) is 4.63. The van der Waals surface area contributed by atoms with Crippen LogP contribution in [-0.2, 0) is 6.54 Å². The minimum Gasteiger partial charge on any atom is -0.477 e. The van der Waals surface area contributed by atoms with Gasteiger partial charge in [0.2, 0.25) is 0 Å². The van der Waals surface area contributed by atoms with E-state index in [1.807, 2.05) is 0 Å². The molecule has 0 radical (unpaired) electrons. The van der Waals surface area contributed by atoms with Crippen LogP contribution in [0.15, 0.2) is 35.1 Å². The second-order valence-corrected chi connectivity index (χ2v) is 4.63. The van der Waals surface area contributed by atoms with E-state index in [9.17, 15) is 14.0 Å². The van der Waals surface area contributed by atoms with E-state index in [-0.39, 0.29) is 12.1 Å². The summed E-state index contributed by atoms with van der Waals surface area (Å²) < 4.78 is 14.9. The zero-order valence-electron chi connectivity index (χ0n) is 11.2. The van der Waals surface area contributed by atoms with Crippen LogP contribution in [0.5, 0.6) is 0 Å². The lowest BCUT2D eigenvalue weighted by molar-refractivity contribution is 0.0693. The fourth-order valence-corrected chi connectivity index (χ4v) is 2.18. The molecule has 1 aromatic heterocycles. The van der Waals surface area contributed by atoms with E-state index < -0.39 is 17.3 Å². The normalized spacial score (nSPS) is 10.6. The molecule has 5 heteroatoms. The standard InChI is InChI=1S/C15H14FNO3/c1-9-7-10(2)17(14(18)13(9)15(19)20)8-11-5-3-4-6-12(11)16/h3-7H,8H2,1-2H3,(H,19,20). The van der Waals surface area contributed by atoms with Gasteiger partial charge in [-0.15, -0.1) is 0 Å². The highest BCUT2D eigenvalue weighted by molar-refractivity contribution is 5.88. The summed E-state index contributed by atoms with van der Waals surface area (Å²) in [5.74, 6) is -1.69. The van der Waals surface area contributed by atoms with Crippen molar-refractivity contribution in [3.63, 3.8) is 0 Å². The maximum atomic E-state index is 13.6. The fraction of sp³-hybridized carbons (Fsp3) is 0.200. The molecule has 0 unspecified atom stereocenters. The van der Waals surface area contributed by atoms with Crippen LogP contribution in [-0.4, -0.2) is 15.6 Å². The highest BCUT2D eigenvalue weighted by Crippen LogP contribution is 2.11. The number of pyridine rings is 1. The fourth-order valence-electron chi connectivity index (χ4n) is 2.18. The molecule has 1 aromatic carbocycles. The van der Waals surface area contributed by atoms with E-state index in [0.717, 1.165) is 0 Å². The average Bonchev–Trinajstić information content (AvgIpc) is 2.35. The summed E-state index contributed by atoms with van der Waals surface area (Å²) in [4.78, 5) is 23.4. The van der Waals surface area contributed by atoms with Gasteiger partial charge in [0, 0.05) is 11.3 Å². The summed E-state index contributed by atoms with van der Waals surface area (Å²) in [6.45, 7) is 3.28. The number of carboxylic acids is 1. The Morgan fingerprint density at radius 1 is 1.30 bits per heavy atom. The van der Waals surface area contributed by atoms with Gasteiger partial charge >= 0.3 is 5.97 Å². The smallest absolute Gasteiger partial charge is 0.341 e. The lowest BCUT2D eigenvalue weighted by atomic mass is 10.1. The van der Waals surface area contributed by atoms with Crippen LogP contribution in [0.1, 0.15) is 27.2 Å². The molecule has 0 fully saturated rings. The van der Waals surface area contributed by atoms with Gasteiger partial charge in [0.05, 0.1) is 6.54 Å². The van der Waals surface area contributed by atoms with Crippen molar-refractivity contribution in [3.8, 4) is 0 Å². The first-order chi connectivity index (χ1) is 9.41. The maximum Gasteiger partial charge on any atom is 0.341 e. The summed E-state index contributed by atoms with van der Waals surface area (Å²) >= 11 is 0. The zero-order chi connectivity index (χ0) is 14.9. The van der Waals surface area contributed by atoms with E-state index >= 15 is 0 Å². The number of aromatic carboxylic acids is 1. The number of aryl methyl sites for hydroxylation is 2. The van der Waals surface area contributed by atoms with Crippen molar-refractivity contribution in [2.45, 2.75) is 20.4 Å². The number of nitrogens with zero attached hydrogens (tertiary/aromatic N) is 1. The van der Waals surface area contributed by atoms with E-state index in [1.165, 1.54) is 10.6 Å². The first-order valence-corrected chi connectivity index (χ1v) is 6.09. The highest BCUT2D eigenvalue weighted by atomic mass is 19.1. The van der Waals surface area contributed by atoms with Gasteiger partial charge < -0.3 is 9.67 Å². The number of halogens is 1. The molecule has 20 heavy (non-hydrogen) atoms. The number of benzene rings is 1. The van der Waals surface area contributed by atoms with Crippen molar-refractivity contribution >= 4 is 5.97 Å². The van der Waals surface area contributed by atoms with Crippen LogP contribution in [0, 0.1) is 19.7 Å². The predicted molar refractivity (Wildman–Crippen MR) is 72.6 cm³/mol. The monoisotopic (exact) mass is 275 g/mol. The van der Waals surface area contributed by atoms with E-state index in [1.54, 1.807) is 38.1 Å². The minimum absolute atomic E-state index is 0.0118. The summed E-state index contributed by atoms with van der Waals surface area (Å²) in [7, 11) is 0. The lowest BCUT2D eigenvalue weighted by Crippen LogP contribution is -2.29. The third-order valence-electron chi connectivity index (χ3n) is 3.20. The topological polar surface area (TPSA) is 59.3 Å². The molecule has 1 heterocycles. The molecule has 0 atom stereocenters. The van der Waals surface area contributed by atoms with Crippen molar-refractivity contribution in [1.82, 2.24) is 4.57 Å². The van der Waals surface area contributed by atoms with E-state index in [4.69, 9.17) is 5.11 Å². The van der Waals surface area contributed by atoms with Gasteiger partial charge in [0.1, 0.15) is 11.4 Å². The number of rotatable bonds is 3. The minimum atomic E-state index is -1.27. The Kier molecular flexibility index (Phi) is 3.70. The molecule has 0 aliphatic heterocycles. The van der Waals surface area contributed by atoms with Gasteiger partial charge in [-0.1, -0.05) is 18.2 Å². The van der Waals surface area contributed by atoms with Gasteiger partial charge in [0.15, 0.2) is 0 Å². The maximum absolute atomic E-state index is 13.6. The van der Waals surface area contributed by atoms with Gasteiger partial charge in [0.25, 0.3) is 5.56 Å². The third-order valence-corrected chi connectivity index (χ3v) is 3.20. The summed E-state index contributed by atoms with van der Waals surface area (Å²) in [5, 5.41) is 9.10. The number of hydrogen-bond donors (Lipinski definition) is 1. The zero-order valence-corrected chi connectivity index (χ0v) is 11.2. The summed E-state index contributed by atoms with van der Waals surface area (Å²) in [6, 6.07) is 7.73. The van der Waals surface area contributed by atoms with Crippen LogP contribution in [0.25, 0.3) is 0 Å². The predicted octanol–water partition coefficient (Wildman–Crippen LogP) is 2.35. The van der Waals surface area contributed by atoms with Crippen LogP contribution in [0.4, 0.5) is 4.39 Å². The molecule has 2 rings (SSSR count). The SMILES string of the molecule is Cc1cc(C)n(Cc2ccccc2F)c(=O)c1C(=O)O. The van der Waals surface area contributed by atoms with Crippen LogP contribution < -0.4 is 5.56 Å². The molecule has 4 nitrogen and oxygen atoms in total. The highest BCUT2D eigenvalue weighted by Gasteiger charge is 2.17. The first kappa shape index (κ1) is 14.0. The number of hydrogen-bond acceptors (Lipinski definition) is 2. The Morgan fingerprint density at radius 2 is 1.95 bits per heavy atom. The van der Waals surface area contributed by atoms with Crippen LogP contribution in [0.3, 0.4) is 0 Å². The summed E-state index contributed by atoms with van der Waals surface area (Å²) in [5.41, 5.74) is 0.466. The Balaban J connectivity index is 2.58. The summed E-state index contributed by atoms with van der Waals surface area (Å²) in [6.07, 6.45) is 0. The van der Waals surface area contributed by atoms with E-state index in [0.29, 0.717) is 16.8 Å². The Labute approximate surface area is 115 Å². The van der Waals surface area contributed by atoms with Crippen molar-refractivity contribution in [2.75, 3.05) is 0 Å². The molecule has 0 bridgehead atoms. The van der Waals surface area contributed by atoms with Gasteiger partial charge in [-0.2, -0.15) is 0 Å². The Bertz CT molecular complexity index is 734. The molecule has 0 saturated heterocycles. The van der Waals surface area contributed by atoms with Gasteiger partial charge in [-0.3, -0.25) is 4.79 Å².